The monoisotopic (exact) mass is 242 g/mol. The SMILES string of the molecule is CCCN(CCO)CC1CCCC(C)(C)C1N. The van der Waals surface area contributed by atoms with Crippen molar-refractivity contribution in [3.63, 3.8) is 0 Å². The van der Waals surface area contributed by atoms with Crippen LogP contribution in [0.2, 0.25) is 0 Å². The highest BCUT2D eigenvalue weighted by atomic mass is 16.3. The standard InChI is InChI=1S/C14H30N2O/c1-4-8-16(9-10-17)11-12-6-5-7-14(2,3)13(12)15/h12-13,17H,4-11,15H2,1-3H3. The molecule has 0 heterocycles. The van der Waals surface area contributed by atoms with Crippen molar-refractivity contribution >= 4 is 0 Å². The quantitative estimate of drug-likeness (QED) is 0.747. The molecule has 0 aromatic heterocycles. The molecule has 102 valence electrons. The molecule has 1 aliphatic rings. The number of nitrogens with zero attached hydrogens (tertiary/aromatic N) is 1. The van der Waals surface area contributed by atoms with E-state index in [2.05, 4.69) is 25.7 Å². The van der Waals surface area contributed by atoms with Gasteiger partial charge in [-0.15, -0.1) is 0 Å². The Morgan fingerprint density at radius 1 is 1.35 bits per heavy atom. The molecule has 3 nitrogen and oxygen atoms in total. The Kier molecular flexibility index (Phi) is 5.90. The molecule has 0 saturated heterocycles. The fourth-order valence-corrected chi connectivity index (χ4v) is 3.09. The summed E-state index contributed by atoms with van der Waals surface area (Å²) < 4.78 is 0. The molecule has 0 aliphatic heterocycles. The Hall–Kier alpha value is -0.120. The summed E-state index contributed by atoms with van der Waals surface area (Å²) in [5, 5.41) is 9.09. The van der Waals surface area contributed by atoms with Gasteiger partial charge in [-0.05, 0) is 37.1 Å². The summed E-state index contributed by atoms with van der Waals surface area (Å²) in [5.41, 5.74) is 6.69. The van der Waals surface area contributed by atoms with E-state index in [4.69, 9.17) is 10.8 Å². The van der Waals surface area contributed by atoms with E-state index in [9.17, 15) is 0 Å². The van der Waals surface area contributed by atoms with E-state index in [1.807, 2.05) is 0 Å². The van der Waals surface area contributed by atoms with Crippen LogP contribution in [0.25, 0.3) is 0 Å². The van der Waals surface area contributed by atoms with E-state index in [1.165, 1.54) is 19.3 Å². The molecule has 17 heavy (non-hydrogen) atoms. The molecule has 0 amide bonds. The van der Waals surface area contributed by atoms with Crippen LogP contribution in [-0.2, 0) is 0 Å². The Morgan fingerprint density at radius 3 is 2.65 bits per heavy atom. The molecule has 0 bridgehead atoms. The maximum absolute atomic E-state index is 9.09. The Labute approximate surface area is 106 Å². The van der Waals surface area contributed by atoms with Crippen LogP contribution in [0.15, 0.2) is 0 Å². The normalized spacial score (nSPS) is 28.6. The smallest absolute Gasteiger partial charge is 0.0558 e. The molecular formula is C14H30N2O. The molecule has 1 rings (SSSR count). The molecule has 1 saturated carbocycles. The van der Waals surface area contributed by atoms with Gasteiger partial charge in [0.25, 0.3) is 0 Å². The maximum atomic E-state index is 9.09. The van der Waals surface area contributed by atoms with Crippen LogP contribution in [-0.4, -0.2) is 42.3 Å². The van der Waals surface area contributed by atoms with Crippen LogP contribution in [0.3, 0.4) is 0 Å². The van der Waals surface area contributed by atoms with Crippen LogP contribution in [0, 0.1) is 11.3 Å². The first-order chi connectivity index (χ1) is 8.01. The van der Waals surface area contributed by atoms with Gasteiger partial charge in [-0.3, -0.25) is 0 Å². The van der Waals surface area contributed by atoms with Crippen molar-refractivity contribution in [1.82, 2.24) is 4.90 Å². The number of hydrogen-bond donors (Lipinski definition) is 2. The Balaban J connectivity index is 2.52. The van der Waals surface area contributed by atoms with E-state index >= 15 is 0 Å². The first-order valence-electron chi connectivity index (χ1n) is 7.10. The zero-order valence-corrected chi connectivity index (χ0v) is 11.8. The molecule has 1 fully saturated rings. The van der Waals surface area contributed by atoms with Crippen LogP contribution in [0.4, 0.5) is 0 Å². The molecule has 1 aliphatic carbocycles. The zero-order chi connectivity index (χ0) is 12.9. The van der Waals surface area contributed by atoms with E-state index in [0.29, 0.717) is 12.0 Å². The second-order valence-corrected chi connectivity index (χ2v) is 6.19. The number of nitrogens with two attached hydrogens (primary N) is 1. The van der Waals surface area contributed by atoms with Gasteiger partial charge in [0, 0.05) is 19.1 Å². The fraction of sp³-hybridized carbons (Fsp3) is 1.00. The van der Waals surface area contributed by atoms with Crippen molar-refractivity contribution in [2.75, 3.05) is 26.2 Å². The summed E-state index contributed by atoms with van der Waals surface area (Å²) in [6.07, 6.45) is 4.94. The summed E-state index contributed by atoms with van der Waals surface area (Å²) >= 11 is 0. The number of aliphatic hydroxyl groups is 1. The highest BCUT2D eigenvalue weighted by Gasteiger charge is 2.36. The minimum Gasteiger partial charge on any atom is -0.395 e. The molecule has 0 aromatic carbocycles. The third-order valence-corrected chi connectivity index (χ3v) is 4.26. The van der Waals surface area contributed by atoms with E-state index in [0.717, 1.165) is 26.1 Å². The van der Waals surface area contributed by atoms with Gasteiger partial charge in [0.15, 0.2) is 0 Å². The van der Waals surface area contributed by atoms with Crippen LogP contribution in [0.1, 0.15) is 46.5 Å². The largest absolute Gasteiger partial charge is 0.395 e. The van der Waals surface area contributed by atoms with Gasteiger partial charge in [0.05, 0.1) is 6.61 Å². The first-order valence-corrected chi connectivity index (χ1v) is 7.10. The average molecular weight is 242 g/mol. The summed E-state index contributed by atoms with van der Waals surface area (Å²) in [6.45, 7) is 9.95. The second kappa shape index (κ2) is 6.72. The molecule has 0 spiro atoms. The second-order valence-electron chi connectivity index (χ2n) is 6.19. The number of hydrogen-bond acceptors (Lipinski definition) is 3. The molecule has 0 aromatic rings. The predicted octanol–water partition coefficient (Wildman–Crippen LogP) is 1.84. The highest BCUT2D eigenvalue weighted by Crippen LogP contribution is 2.37. The van der Waals surface area contributed by atoms with Crippen molar-refractivity contribution in [3.8, 4) is 0 Å². The van der Waals surface area contributed by atoms with E-state index < -0.39 is 0 Å². The molecule has 2 atom stereocenters. The van der Waals surface area contributed by atoms with E-state index in [1.54, 1.807) is 0 Å². The number of rotatable bonds is 6. The Bertz CT molecular complexity index is 212. The van der Waals surface area contributed by atoms with Crippen molar-refractivity contribution < 1.29 is 5.11 Å². The lowest BCUT2D eigenvalue weighted by Gasteiger charge is -2.43. The molecule has 0 radical (unpaired) electrons. The van der Waals surface area contributed by atoms with Gasteiger partial charge in [-0.2, -0.15) is 0 Å². The predicted molar refractivity (Wildman–Crippen MR) is 72.9 cm³/mol. The lowest BCUT2D eigenvalue weighted by molar-refractivity contribution is 0.0934. The minimum atomic E-state index is 0.255. The van der Waals surface area contributed by atoms with Crippen molar-refractivity contribution in [2.45, 2.75) is 52.5 Å². The zero-order valence-electron chi connectivity index (χ0n) is 11.8. The van der Waals surface area contributed by atoms with Gasteiger partial charge in [-0.1, -0.05) is 27.2 Å². The van der Waals surface area contributed by atoms with Crippen molar-refractivity contribution in [3.05, 3.63) is 0 Å². The molecule has 2 unspecified atom stereocenters. The third-order valence-electron chi connectivity index (χ3n) is 4.26. The van der Waals surface area contributed by atoms with Gasteiger partial charge in [-0.25, -0.2) is 0 Å². The summed E-state index contributed by atoms with van der Waals surface area (Å²) in [6, 6.07) is 0.300. The lowest BCUT2D eigenvalue weighted by atomic mass is 9.68. The van der Waals surface area contributed by atoms with E-state index in [-0.39, 0.29) is 12.0 Å². The maximum Gasteiger partial charge on any atom is 0.0558 e. The van der Waals surface area contributed by atoms with Crippen molar-refractivity contribution in [2.24, 2.45) is 17.1 Å². The first kappa shape index (κ1) is 14.9. The van der Waals surface area contributed by atoms with Gasteiger partial charge >= 0.3 is 0 Å². The molecular weight excluding hydrogens is 212 g/mol. The van der Waals surface area contributed by atoms with Gasteiger partial charge < -0.3 is 15.7 Å². The summed E-state index contributed by atoms with van der Waals surface area (Å²) in [7, 11) is 0. The van der Waals surface area contributed by atoms with Crippen LogP contribution < -0.4 is 5.73 Å². The lowest BCUT2D eigenvalue weighted by Crippen LogP contribution is -2.50. The average Bonchev–Trinajstić information content (AvgIpc) is 2.25. The van der Waals surface area contributed by atoms with Gasteiger partial charge in [0.1, 0.15) is 0 Å². The summed E-state index contributed by atoms with van der Waals surface area (Å²) in [4.78, 5) is 2.37. The topological polar surface area (TPSA) is 49.5 Å². The Morgan fingerprint density at radius 2 is 2.06 bits per heavy atom. The van der Waals surface area contributed by atoms with Crippen molar-refractivity contribution in [1.29, 1.82) is 0 Å². The van der Waals surface area contributed by atoms with Crippen LogP contribution in [0.5, 0.6) is 0 Å². The summed E-state index contributed by atoms with van der Waals surface area (Å²) in [5.74, 6) is 0.594. The fourth-order valence-electron chi connectivity index (χ4n) is 3.09. The van der Waals surface area contributed by atoms with Crippen LogP contribution >= 0.6 is 0 Å². The molecule has 3 N–H and O–H groups in total. The highest BCUT2D eigenvalue weighted by molar-refractivity contribution is 4.92. The number of aliphatic hydroxyl groups excluding tert-OH is 1. The minimum absolute atomic E-state index is 0.255. The third kappa shape index (κ3) is 4.23. The van der Waals surface area contributed by atoms with Gasteiger partial charge in [0.2, 0.25) is 0 Å². The molecule has 3 heteroatoms.